The van der Waals surface area contributed by atoms with E-state index in [0.717, 1.165) is 6.07 Å². The number of methoxy groups -OCH3 is 1. The molecule has 0 bridgehead atoms. The number of hydrogen-bond acceptors (Lipinski definition) is 4. The van der Waals surface area contributed by atoms with Gasteiger partial charge in [0.15, 0.2) is 0 Å². The van der Waals surface area contributed by atoms with Gasteiger partial charge in [0.25, 0.3) is 0 Å². The summed E-state index contributed by atoms with van der Waals surface area (Å²) in [7, 11) is -2.06. The fourth-order valence-corrected chi connectivity index (χ4v) is 2.72. The van der Waals surface area contributed by atoms with Crippen molar-refractivity contribution < 1.29 is 22.3 Å². The highest BCUT2D eigenvalue weighted by Gasteiger charge is 2.12. The van der Waals surface area contributed by atoms with E-state index in [9.17, 15) is 12.8 Å². The zero-order chi connectivity index (χ0) is 16.9. The second-order valence-corrected chi connectivity index (χ2v) is 6.75. The Labute approximate surface area is 135 Å². The van der Waals surface area contributed by atoms with Crippen LogP contribution in [0, 0.1) is 12.7 Å². The van der Waals surface area contributed by atoms with E-state index >= 15 is 0 Å². The van der Waals surface area contributed by atoms with E-state index in [1.54, 1.807) is 38.3 Å². The van der Waals surface area contributed by atoms with Crippen molar-refractivity contribution in [2.75, 3.05) is 24.2 Å². The Balaban J connectivity index is 1.89. The maximum atomic E-state index is 13.4. The number of nitrogens with one attached hydrogen (secondary N) is 1. The number of ether oxygens (including phenoxy) is 2. The highest BCUT2D eigenvalue weighted by molar-refractivity contribution is 7.92. The van der Waals surface area contributed by atoms with Gasteiger partial charge in [0, 0.05) is 0 Å². The topological polar surface area (TPSA) is 64.6 Å². The Morgan fingerprint density at radius 2 is 1.74 bits per heavy atom. The van der Waals surface area contributed by atoms with Crippen LogP contribution in [-0.2, 0) is 10.0 Å². The molecule has 0 fully saturated rings. The smallest absolute Gasteiger partial charge is 0.236 e. The molecule has 5 nitrogen and oxygen atoms in total. The normalized spacial score (nSPS) is 11.1. The van der Waals surface area contributed by atoms with E-state index in [4.69, 9.17) is 9.47 Å². The highest BCUT2D eigenvalue weighted by atomic mass is 32.2. The van der Waals surface area contributed by atoms with Crippen LogP contribution in [0.3, 0.4) is 0 Å². The summed E-state index contributed by atoms with van der Waals surface area (Å²) < 4.78 is 50.0. The van der Waals surface area contributed by atoms with E-state index in [-0.39, 0.29) is 18.0 Å². The second kappa shape index (κ2) is 7.32. The van der Waals surface area contributed by atoms with E-state index in [2.05, 4.69) is 4.72 Å². The lowest BCUT2D eigenvalue weighted by Crippen LogP contribution is -2.21. The molecule has 0 radical (unpaired) electrons. The predicted octanol–water partition coefficient (Wildman–Crippen LogP) is 2.96. The second-order valence-electron chi connectivity index (χ2n) is 4.91. The van der Waals surface area contributed by atoms with Crippen molar-refractivity contribution in [3.8, 4) is 11.5 Å². The molecule has 0 unspecified atom stereocenters. The average molecular weight is 339 g/mol. The van der Waals surface area contributed by atoms with Gasteiger partial charge < -0.3 is 9.47 Å². The average Bonchev–Trinajstić information content (AvgIpc) is 2.51. The first-order valence-electron chi connectivity index (χ1n) is 6.93. The van der Waals surface area contributed by atoms with E-state index in [1.165, 1.54) is 12.1 Å². The molecule has 2 rings (SSSR count). The first kappa shape index (κ1) is 17.1. The van der Waals surface area contributed by atoms with E-state index in [0.29, 0.717) is 17.1 Å². The molecule has 0 heterocycles. The van der Waals surface area contributed by atoms with Gasteiger partial charge in [-0.05, 0) is 48.9 Å². The molecule has 0 aliphatic heterocycles. The van der Waals surface area contributed by atoms with Crippen molar-refractivity contribution in [3.63, 3.8) is 0 Å². The van der Waals surface area contributed by atoms with Crippen LogP contribution in [0.5, 0.6) is 11.5 Å². The van der Waals surface area contributed by atoms with Crippen LogP contribution in [0.15, 0.2) is 42.5 Å². The molecule has 0 amide bonds. The van der Waals surface area contributed by atoms with E-state index in [1.807, 2.05) is 0 Å². The lowest BCUT2D eigenvalue weighted by Gasteiger charge is -2.10. The van der Waals surface area contributed by atoms with Crippen molar-refractivity contribution in [2.45, 2.75) is 6.92 Å². The summed E-state index contributed by atoms with van der Waals surface area (Å²) in [5.74, 6) is 0.532. The van der Waals surface area contributed by atoms with Crippen LogP contribution in [-0.4, -0.2) is 27.9 Å². The standard InChI is InChI=1S/C16H18FNO4S/c1-12-3-4-13(11-16(12)17)18-23(19,20)10-9-22-15-7-5-14(21-2)6-8-15/h3-8,11,18H,9-10H2,1-2H3. The minimum absolute atomic E-state index is 0.0179. The summed E-state index contributed by atoms with van der Waals surface area (Å²) in [6.07, 6.45) is 0. The Kier molecular flexibility index (Phi) is 5.44. The fraction of sp³-hybridized carbons (Fsp3) is 0.250. The zero-order valence-electron chi connectivity index (χ0n) is 12.9. The molecule has 2 aromatic rings. The largest absolute Gasteiger partial charge is 0.497 e. The summed E-state index contributed by atoms with van der Waals surface area (Å²) in [5, 5.41) is 0. The number of anilines is 1. The summed E-state index contributed by atoms with van der Waals surface area (Å²) in [6, 6.07) is 11.0. The number of hydrogen-bond donors (Lipinski definition) is 1. The summed E-state index contributed by atoms with van der Waals surface area (Å²) in [5.41, 5.74) is 0.647. The molecule has 0 atom stereocenters. The molecular formula is C16H18FNO4S. The van der Waals surface area contributed by atoms with Crippen molar-refractivity contribution in [1.29, 1.82) is 0 Å². The Hall–Kier alpha value is -2.28. The van der Waals surface area contributed by atoms with Crippen molar-refractivity contribution >= 4 is 15.7 Å². The van der Waals surface area contributed by atoms with Crippen LogP contribution in [0.25, 0.3) is 0 Å². The molecule has 0 aliphatic carbocycles. The van der Waals surface area contributed by atoms with Crippen LogP contribution >= 0.6 is 0 Å². The first-order chi connectivity index (χ1) is 10.9. The third-order valence-electron chi connectivity index (χ3n) is 3.13. The van der Waals surface area contributed by atoms with Crippen molar-refractivity contribution in [2.24, 2.45) is 0 Å². The number of benzene rings is 2. The minimum atomic E-state index is -3.61. The highest BCUT2D eigenvalue weighted by Crippen LogP contribution is 2.17. The van der Waals surface area contributed by atoms with Gasteiger partial charge in [-0.15, -0.1) is 0 Å². The number of aryl methyl sites for hydroxylation is 1. The number of rotatable bonds is 7. The van der Waals surface area contributed by atoms with Crippen molar-refractivity contribution in [1.82, 2.24) is 0 Å². The Morgan fingerprint density at radius 1 is 1.09 bits per heavy atom. The van der Waals surface area contributed by atoms with Gasteiger partial charge >= 0.3 is 0 Å². The molecule has 0 aromatic heterocycles. The van der Waals surface area contributed by atoms with Gasteiger partial charge in [-0.3, -0.25) is 4.72 Å². The third-order valence-corrected chi connectivity index (χ3v) is 4.38. The van der Waals surface area contributed by atoms with E-state index < -0.39 is 15.8 Å². The molecule has 23 heavy (non-hydrogen) atoms. The molecule has 1 N–H and O–H groups in total. The number of sulfonamides is 1. The summed E-state index contributed by atoms with van der Waals surface area (Å²) >= 11 is 0. The summed E-state index contributed by atoms with van der Waals surface area (Å²) in [4.78, 5) is 0. The maximum Gasteiger partial charge on any atom is 0.236 e. The molecule has 124 valence electrons. The third kappa shape index (κ3) is 5.14. The molecule has 7 heteroatoms. The summed E-state index contributed by atoms with van der Waals surface area (Å²) in [6.45, 7) is 1.59. The van der Waals surface area contributed by atoms with Gasteiger partial charge in [0.05, 0.1) is 12.8 Å². The van der Waals surface area contributed by atoms with Gasteiger partial charge in [-0.2, -0.15) is 0 Å². The zero-order valence-corrected chi connectivity index (χ0v) is 13.7. The molecule has 2 aromatic carbocycles. The quantitative estimate of drug-likeness (QED) is 0.842. The van der Waals surface area contributed by atoms with Crippen LogP contribution in [0.1, 0.15) is 5.56 Å². The molecule has 0 saturated carbocycles. The van der Waals surface area contributed by atoms with Gasteiger partial charge in [-0.25, -0.2) is 12.8 Å². The van der Waals surface area contributed by atoms with Gasteiger partial charge in [0.2, 0.25) is 10.0 Å². The number of halogens is 1. The SMILES string of the molecule is COc1ccc(OCCS(=O)(=O)Nc2ccc(C)c(F)c2)cc1. The molecular weight excluding hydrogens is 321 g/mol. The van der Waals surface area contributed by atoms with Crippen molar-refractivity contribution in [3.05, 3.63) is 53.8 Å². The van der Waals surface area contributed by atoms with Crippen LogP contribution in [0.4, 0.5) is 10.1 Å². The lowest BCUT2D eigenvalue weighted by molar-refractivity contribution is 0.340. The first-order valence-corrected chi connectivity index (χ1v) is 8.58. The molecule has 0 saturated heterocycles. The predicted molar refractivity (Wildman–Crippen MR) is 87.0 cm³/mol. The maximum absolute atomic E-state index is 13.4. The lowest BCUT2D eigenvalue weighted by atomic mass is 10.2. The Morgan fingerprint density at radius 3 is 2.35 bits per heavy atom. The Bertz CT molecular complexity index is 760. The van der Waals surface area contributed by atoms with Crippen LogP contribution in [0.2, 0.25) is 0 Å². The monoisotopic (exact) mass is 339 g/mol. The molecule has 0 aliphatic rings. The fourth-order valence-electron chi connectivity index (χ4n) is 1.83. The minimum Gasteiger partial charge on any atom is -0.497 e. The van der Waals surface area contributed by atoms with Gasteiger partial charge in [0.1, 0.15) is 29.7 Å². The van der Waals surface area contributed by atoms with Crippen LogP contribution < -0.4 is 14.2 Å². The van der Waals surface area contributed by atoms with Gasteiger partial charge in [-0.1, -0.05) is 6.07 Å². The molecule has 0 spiro atoms.